The van der Waals surface area contributed by atoms with Crippen LogP contribution in [0, 0.1) is 0 Å². The van der Waals surface area contributed by atoms with Crippen molar-refractivity contribution in [3.63, 3.8) is 0 Å². The molecule has 0 aliphatic carbocycles. The first-order valence-corrected chi connectivity index (χ1v) is 12.0. The fourth-order valence-electron chi connectivity index (χ4n) is 3.39. The highest BCUT2D eigenvalue weighted by molar-refractivity contribution is 7.99. The first kappa shape index (κ1) is 22.5. The zero-order valence-electron chi connectivity index (χ0n) is 18.0. The van der Waals surface area contributed by atoms with Gasteiger partial charge in [0.25, 0.3) is 0 Å². The van der Waals surface area contributed by atoms with Crippen LogP contribution in [0.4, 0.5) is 5.69 Å². The van der Waals surface area contributed by atoms with Gasteiger partial charge in [-0.2, -0.15) is 4.98 Å². The summed E-state index contributed by atoms with van der Waals surface area (Å²) in [7, 11) is 0. The van der Waals surface area contributed by atoms with Gasteiger partial charge in [0.05, 0.1) is 11.6 Å². The molecule has 0 unspecified atom stereocenters. The topological polar surface area (TPSA) is 89.4 Å². The average Bonchev–Trinajstić information content (AvgIpc) is 2.96. The molecule has 0 saturated heterocycles. The van der Waals surface area contributed by atoms with Crippen LogP contribution in [0.15, 0.2) is 41.6 Å². The molecule has 0 radical (unpaired) electrons. The molecule has 1 aromatic heterocycles. The van der Waals surface area contributed by atoms with E-state index in [0.717, 1.165) is 29.8 Å². The van der Waals surface area contributed by atoms with Crippen molar-refractivity contribution < 1.29 is 14.6 Å². The van der Waals surface area contributed by atoms with E-state index in [1.165, 1.54) is 6.42 Å². The summed E-state index contributed by atoms with van der Waals surface area (Å²) in [6.45, 7) is 4.42. The largest absolute Gasteiger partial charge is 0.503 e. The number of hydrogen-bond donors (Lipinski definition) is 2. The number of unbranched alkanes of at least 4 members (excludes halogenated alkanes) is 2. The highest BCUT2D eigenvalue weighted by Crippen LogP contribution is 2.42. The lowest BCUT2D eigenvalue weighted by molar-refractivity contribution is 0.224. The van der Waals surface area contributed by atoms with Gasteiger partial charge in [-0.25, -0.2) is 0 Å². The molecule has 32 heavy (non-hydrogen) atoms. The second kappa shape index (κ2) is 10.3. The van der Waals surface area contributed by atoms with Gasteiger partial charge < -0.3 is 19.9 Å². The number of para-hydroxylation sites is 1. The van der Waals surface area contributed by atoms with Gasteiger partial charge in [0.15, 0.2) is 23.4 Å². The molecule has 1 atom stereocenters. The number of rotatable bonds is 8. The van der Waals surface area contributed by atoms with Crippen LogP contribution in [0.2, 0.25) is 5.02 Å². The standard InChI is InChI=1S/C23H25ClN4O3S/c1-3-5-8-11-32-23-26-22-19(27-28-23)15-9-6-7-10-17(15)25-21(31-22)14-12-16(24)20(29)18(13-14)30-4-2/h6-7,9-10,12-13,21,25,29H,3-5,8,11H2,1-2H3/t21-/m0/s1. The van der Waals surface area contributed by atoms with Crippen molar-refractivity contribution in [1.29, 1.82) is 0 Å². The molecule has 0 saturated carbocycles. The SMILES string of the molecule is CCCCCSc1nnc2c(n1)O[C@@H](c1cc(Cl)c(O)c(OCC)c1)Nc1ccccc1-2. The zero-order valence-corrected chi connectivity index (χ0v) is 19.5. The van der Waals surface area contributed by atoms with Crippen LogP contribution < -0.4 is 14.8 Å². The van der Waals surface area contributed by atoms with E-state index in [1.807, 2.05) is 31.2 Å². The Labute approximate surface area is 196 Å². The number of thioether (sulfide) groups is 1. The molecule has 2 N–H and O–H groups in total. The van der Waals surface area contributed by atoms with Crippen LogP contribution in [0.25, 0.3) is 11.3 Å². The Morgan fingerprint density at radius 1 is 1.19 bits per heavy atom. The smallest absolute Gasteiger partial charge is 0.247 e. The molecule has 0 amide bonds. The fraction of sp³-hybridized carbons (Fsp3) is 0.348. The first-order valence-electron chi connectivity index (χ1n) is 10.7. The molecule has 1 aliphatic heterocycles. The molecule has 2 aromatic carbocycles. The van der Waals surface area contributed by atoms with E-state index in [2.05, 4.69) is 27.4 Å². The molecule has 7 nitrogen and oxygen atoms in total. The van der Waals surface area contributed by atoms with Crippen LogP contribution >= 0.6 is 23.4 Å². The van der Waals surface area contributed by atoms with Gasteiger partial charge in [0.1, 0.15) is 0 Å². The summed E-state index contributed by atoms with van der Waals surface area (Å²) in [6.07, 6.45) is 2.81. The highest BCUT2D eigenvalue weighted by Gasteiger charge is 2.27. The van der Waals surface area contributed by atoms with Crippen LogP contribution in [0.5, 0.6) is 17.4 Å². The molecule has 0 fully saturated rings. The third kappa shape index (κ3) is 4.86. The maximum Gasteiger partial charge on any atom is 0.247 e. The second-order valence-corrected chi connectivity index (χ2v) is 8.74. The molecular weight excluding hydrogens is 448 g/mol. The minimum Gasteiger partial charge on any atom is -0.503 e. The van der Waals surface area contributed by atoms with Crippen molar-refractivity contribution >= 4 is 29.1 Å². The summed E-state index contributed by atoms with van der Waals surface area (Å²) in [5.41, 5.74) is 2.94. The average molecular weight is 473 g/mol. The van der Waals surface area contributed by atoms with Crippen LogP contribution in [-0.4, -0.2) is 32.6 Å². The Kier molecular flexibility index (Phi) is 7.22. The number of phenols is 1. The molecule has 4 rings (SSSR count). The van der Waals surface area contributed by atoms with Gasteiger partial charge in [0, 0.05) is 22.6 Å². The number of aromatic hydroxyl groups is 1. The minimum absolute atomic E-state index is 0.0959. The molecule has 2 heterocycles. The Balaban J connectivity index is 1.71. The molecule has 1 aliphatic rings. The predicted molar refractivity (Wildman–Crippen MR) is 127 cm³/mol. The fourth-order valence-corrected chi connectivity index (χ4v) is 4.38. The third-order valence-electron chi connectivity index (χ3n) is 4.97. The van der Waals surface area contributed by atoms with Gasteiger partial charge in [-0.3, -0.25) is 0 Å². The maximum atomic E-state index is 10.2. The van der Waals surface area contributed by atoms with Crippen molar-refractivity contribution in [3.8, 4) is 28.6 Å². The number of hydrogen-bond acceptors (Lipinski definition) is 8. The van der Waals surface area contributed by atoms with E-state index >= 15 is 0 Å². The van der Waals surface area contributed by atoms with E-state index in [1.54, 1.807) is 23.9 Å². The summed E-state index contributed by atoms with van der Waals surface area (Å²) in [5.74, 6) is 1.52. The normalized spacial score (nSPS) is 14.5. The summed E-state index contributed by atoms with van der Waals surface area (Å²) < 4.78 is 11.8. The van der Waals surface area contributed by atoms with Gasteiger partial charge in [-0.15, -0.1) is 10.2 Å². The minimum atomic E-state index is -0.621. The van der Waals surface area contributed by atoms with Crippen molar-refractivity contribution in [1.82, 2.24) is 15.2 Å². The molecule has 9 heteroatoms. The van der Waals surface area contributed by atoms with E-state index in [4.69, 9.17) is 21.1 Å². The number of nitrogens with one attached hydrogen (secondary N) is 1. The summed E-state index contributed by atoms with van der Waals surface area (Å²) >= 11 is 7.84. The summed E-state index contributed by atoms with van der Waals surface area (Å²) in [5, 5.41) is 23.1. The lowest BCUT2D eigenvalue weighted by atomic mass is 10.1. The lowest BCUT2D eigenvalue weighted by Gasteiger charge is -2.21. The zero-order chi connectivity index (χ0) is 22.5. The number of nitrogens with zero attached hydrogens (tertiary/aromatic N) is 3. The summed E-state index contributed by atoms with van der Waals surface area (Å²) in [4.78, 5) is 4.66. The molecule has 0 spiro atoms. The van der Waals surface area contributed by atoms with Gasteiger partial charge in [-0.1, -0.05) is 61.3 Å². The quantitative estimate of drug-likeness (QED) is 0.301. The van der Waals surface area contributed by atoms with Crippen molar-refractivity contribution in [2.24, 2.45) is 0 Å². The Morgan fingerprint density at radius 2 is 2.03 bits per heavy atom. The number of aromatic nitrogens is 3. The highest BCUT2D eigenvalue weighted by atomic mass is 35.5. The Morgan fingerprint density at radius 3 is 2.84 bits per heavy atom. The van der Waals surface area contributed by atoms with Crippen LogP contribution in [-0.2, 0) is 0 Å². The monoisotopic (exact) mass is 472 g/mol. The second-order valence-electron chi connectivity index (χ2n) is 7.27. The molecule has 0 bridgehead atoms. The molecule has 168 valence electrons. The Hall–Kier alpha value is -2.71. The van der Waals surface area contributed by atoms with Crippen LogP contribution in [0.1, 0.15) is 44.9 Å². The Bertz CT molecular complexity index is 1100. The van der Waals surface area contributed by atoms with E-state index in [9.17, 15) is 5.11 Å². The van der Waals surface area contributed by atoms with Crippen LogP contribution in [0.3, 0.4) is 0 Å². The number of ether oxygens (including phenoxy) is 2. The molecule has 3 aromatic rings. The number of anilines is 1. The number of phenolic OH excluding ortho intramolecular Hbond substituents is 1. The molecular formula is C23H25ClN4O3S. The van der Waals surface area contributed by atoms with Crippen molar-refractivity contribution in [2.45, 2.75) is 44.5 Å². The van der Waals surface area contributed by atoms with E-state index in [-0.39, 0.29) is 10.8 Å². The first-order chi connectivity index (χ1) is 15.6. The van der Waals surface area contributed by atoms with Gasteiger partial charge >= 0.3 is 0 Å². The van der Waals surface area contributed by atoms with Gasteiger partial charge in [0.2, 0.25) is 11.0 Å². The number of benzene rings is 2. The number of halogens is 1. The maximum absolute atomic E-state index is 10.2. The number of fused-ring (bicyclic) bond motifs is 3. The van der Waals surface area contributed by atoms with Crippen molar-refractivity contribution in [3.05, 3.63) is 47.0 Å². The third-order valence-corrected chi connectivity index (χ3v) is 6.18. The predicted octanol–water partition coefficient (Wildman–Crippen LogP) is 6.08. The van der Waals surface area contributed by atoms with E-state index in [0.29, 0.717) is 34.7 Å². The van der Waals surface area contributed by atoms with E-state index < -0.39 is 6.23 Å². The van der Waals surface area contributed by atoms with Gasteiger partial charge in [-0.05, 0) is 31.5 Å². The lowest BCUT2D eigenvalue weighted by Crippen LogP contribution is -2.17. The summed E-state index contributed by atoms with van der Waals surface area (Å²) in [6, 6.07) is 11.1. The van der Waals surface area contributed by atoms with Crippen molar-refractivity contribution in [2.75, 3.05) is 17.7 Å².